The van der Waals surface area contributed by atoms with Crippen molar-refractivity contribution in [2.75, 3.05) is 0 Å². The van der Waals surface area contributed by atoms with Gasteiger partial charge in [-0.15, -0.1) is 0 Å². The van der Waals surface area contributed by atoms with Crippen LogP contribution in [0.2, 0.25) is 5.15 Å². The monoisotopic (exact) mass is 299 g/mol. The van der Waals surface area contributed by atoms with Gasteiger partial charge in [0.1, 0.15) is 17.5 Å². The van der Waals surface area contributed by atoms with Gasteiger partial charge in [0, 0.05) is 18.0 Å². The van der Waals surface area contributed by atoms with Crippen molar-refractivity contribution in [3.8, 4) is 0 Å². The summed E-state index contributed by atoms with van der Waals surface area (Å²) in [5.41, 5.74) is -0.305. The normalized spacial score (nSPS) is 12.8. The van der Waals surface area contributed by atoms with Crippen molar-refractivity contribution >= 4 is 17.5 Å². The Morgan fingerprint density at radius 2 is 1.95 bits per heavy atom. The minimum absolute atomic E-state index is 0.0109. The van der Waals surface area contributed by atoms with E-state index in [1.54, 1.807) is 0 Å². The molecule has 1 amide bonds. The maximum absolute atomic E-state index is 12.0. The van der Waals surface area contributed by atoms with Gasteiger partial charge in [-0.3, -0.25) is 14.2 Å². The molecule has 0 aliphatic carbocycles. The van der Waals surface area contributed by atoms with E-state index in [1.807, 2.05) is 34.6 Å². The van der Waals surface area contributed by atoms with E-state index in [4.69, 9.17) is 11.6 Å². The van der Waals surface area contributed by atoms with Crippen LogP contribution in [0.5, 0.6) is 0 Å². The zero-order valence-electron chi connectivity index (χ0n) is 12.6. The fourth-order valence-corrected chi connectivity index (χ4v) is 1.88. The zero-order valence-corrected chi connectivity index (χ0v) is 13.4. The highest BCUT2D eigenvalue weighted by Crippen LogP contribution is 2.12. The lowest BCUT2D eigenvalue weighted by atomic mass is 10.1. The van der Waals surface area contributed by atoms with Gasteiger partial charge in [0.05, 0.1) is 0 Å². The van der Waals surface area contributed by atoms with Crippen LogP contribution in [0.15, 0.2) is 10.9 Å². The number of carbonyl (C=O) groups is 1. The molecule has 5 nitrogen and oxygen atoms in total. The lowest BCUT2D eigenvalue weighted by Crippen LogP contribution is -2.40. The first kappa shape index (κ1) is 16.7. The first-order valence-electron chi connectivity index (χ1n) is 6.79. The fraction of sp³-hybridized carbons (Fsp3) is 0.643. The standard InChI is InChI=1S/C14H22ClN3O2/c1-8(2)10(5)16-12(19)7-18-13(20)6-11(15)17-14(18)9(3)4/h6,8-10H,7H2,1-5H3,(H,16,19). The summed E-state index contributed by atoms with van der Waals surface area (Å²) >= 11 is 5.80. The maximum Gasteiger partial charge on any atom is 0.255 e. The molecule has 0 saturated heterocycles. The van der Waals surface area contributed by atoms with Crippen LogP contribution < -0.4 is 10.9 Å². The summed E-state index contributed by atoms with van der Waals surface area (Å²) in [6.07, 6.45) is 0. The molecule has 1 atom stereocenters. The second-order valence-corrected chi connectivity index (χ2v) is 6.00. The van der Waals surface area contributed by atoms with Crippen LogP contribution in [0.25, 0.3) is 0 Å². The Bertz CT molecular complexity index is 538. The minimum atomic E-state index is -0.305. The summed E-state index contributed by atoms with van der Waals surface area (Å²) in [6.45, 7) is 9.77. The zero-order chi connectivity index (χ0) is 15.4. The topological polar surface area (TPSA) is 64.0 Å². The summed E-state index contributed by atoms with van der Waals surface area (Å²) in [5.74, 6) is 0.675. The van der Waals surface area contributed by atoms with Gasteiger partial charge in [0.15, 0.2) is 0 Å². The van der Waals surface area contributed by atoms with Gasteiger partial charge < -0.3 is 5.32 Å². The Morgan fingerprint density at radius 1 is 1.35 bits per heavy atom. The predicted octanol–water partition coefficient (Wildman–Crippen LogP) is 2.18. The molecular formula is C14H22ClN3O2. The van der Waals surface area contributed by atoms with Crippen LogP contribution in [0, 0.1) is 5.92 Å². The number of nitrogens with one attached hydrogen (secondary N) is 1. The molecule has 1 unspecified atom stereocenters. The Kier molecular flexibility index (Phi) is 5.74. The second-order valence-electron chi connectivity index (χ2n) is 5.62. The number of hydrogen-bond acceptors (Lipinski definition) is 3. The highest BCUT2D eigenvalue weighted by atomic mass is 35.5. The molecule has 1 N–H and O–H groups in total. The van der Waals surface area contributed by atoms with E-state index in [0.717, 1.165) is 0 Å². The molecule has 0 spiro atoms. The predicted molar refractivity (Wildman–Crippen MR) is 80.0 cm³/mol. The summed E-state index contributed by atoms with van der Waals surface area (Å²) in [5, 5.41) is 3.03. The Hall–Kier alpha value is -1.36. The minimum Gasteiger partial charge on any atom is -0.352 e. The SMILES string of the molecule is CC(C)c1nc(Cl)cc(=O)n1CC(=O)NC(C)C(C)C. The molecule has 0 bridgehead atoms. The van der Waals surface area contributed by atoms with Crippen LogP contribution in [0.1, 0.15) is 46.4 Å². The van der Waals surface area contributed by atoms with E-state index in [-0.39, 0.29) is 35.1 Å². The first-order chi connectivity index (χ1) is 9.22. The van der Waals surface area contributed by atoms with Gasteiger partial charge in [-0.1, -0.05) is 39.3 Å². The van der Waals surface area contributed by atoms with Crippen molar-refractivity contribution < 1.29 is 4.79 Å². The van der Waals surface area contributed by atoms with Crippen molar-refractivity contribution in [2.24, 2.45) is 5.92 Å². The molecule has 0 radical (unpaired) electrons. The van der Waals surface area contributed by atoms with Crippen LogP contribution in [-0.4, -0.2) is 21.5 Å². The van der Waals surface area contributed by atoms with Crippen LogP contribution in [0.4, 0.5) is 0 Å². The number of aromatic nitrogens is 2. The molecule has 1 aromatic rings. The molecule has 0 aliphatic heterocycles. The molecular weight excluding hydrogens is 278 g/mol. The van der Waals surface area contributed by atoms with Crippen molar-refractivity contribution in [1.29, 1.82) is 0 Å². The summed E-state index contributed by atoms with van der Waals surface area (Å²) in [6, 6.07) is 1.29. The average Bonchev–Trinajstić information content (AvgIpc) is 2.31. The van der Waals surface area contributed by atoms with E-state index in [9.17, 15) is 9.59 Å². The van der Waals surface area contributed by atoms with Gasteiger partial charge in [0.25, 0.3) is 5.56 Å². The van der Waals surface area contributed by atoms with Crippen molar-refractivity contribution in [1.82, 2.24) is 14.9 Å². The molecule has 1 rings (SSSR count). The van der Waals surface area contributed by atoms with E-state index in [1.165, 1.54) is 10.6 Å². The number of halogens is 1. The van der Waals surface area contributed by atoms with Crippen molar-refractivity contribution in [2.45, 2.75) is 53.1 Å². The third-order valence-corrected chi connectivity index (χ3v) is 3.41. The van der Waals surface area contributed by atoms with E-state index >= 15 is 0 Å². The van der Waals surface area contributed by atoms with Gasteiger partial charge in [-0.2, -0.15) is 0 Å². The Balaban J connectivity index is 2.98. The van der Waals surface area contributed by atoms with Crippen molar-refractivity contribution in [3.63, 3.8) is 0 Å². The van der Waals surface area contributed by atoms with E-state index < -0.39 is 0 Å². The van der Waals surface area contributed by atoms with Crippen LogP contribution >= 0.6 is 11.6 Å². The highest BCUT2D eigenvalue weighted by Gasteiger charge is 2.16. The third-order valence-electron chi connectivity index (χ3n) is 3.21. The fourth-order valence-electron chi connectivity index (χ4n) is 1.70. The van der Waals surface area contributed by atoms with Gasteiger partial charge >= 0.3 is 0 Å². The summed E-state index contributed by atoms with van der Waals surface area (Å²) in [7, 11) is 0. The first-order valence-corrected chi connectivity index (χ1v) is 7.16. The molecule has 1 aromatic heterocycles. The maximum atomic E-state index is 12.0. The molecule has 0 aromatic carbocycles. The van der Waals surface area contributed by atoms with Crippen molar-refractivity contribution in [3.05, 3.63) is 27.4 Å². The smallest absolute Gasteiger partial charge is 0.255 e. The molecule has 0 fully saturated rings. The lowest BCUT2D eigenvalue weighted by Gasteiger charge is -2.19. The molecule has 0 saturated carbocycles. The van der Waals surface area contributed by atoms with Crippen LogP contribution in [-0.2, 0) is 11.3 Å². The van der Waals surface area contributed by atoms with E-state index in [2.05, 4.69) is 10.3 Å². The van der Waals surface area contributed by atoms with E-state index in [0.29, 0.717) is 11.7 Å². The molecule has 1 heterocycles. The highest BCUT2D eigenvalue weighted by molar-refractivity contribution is 6.29. The molecule has 6 heteroatoms. The second kappa shape index (κ2) is 6.88. The number of amides is 1. The van der Waals surface area contributed by atoms with Gasteiger partial charge in [-0.25, -0.2) is 4.98 Å². The number of rotatable bonds is 5. The average molecular weight is 300 g/mol. The quantitative estimate of drug-likeness (QED) is 0.848. The largest absolute Gasteiger partial charge is 0.352 e. The number of carbonyl (C=O) groups excluding carboxylic acids is 1. The number of nitrogens with zero attached hydrogens (tertiary/aromatic N) is 2. The number of hydrogen-bond donors (Lipinski definition) is 1. The summed E-state index contributed by atoms with van der Waals surface area (Å²) < 4.78 is 1.37. The van der Waals surface area contributed by atoms with Gasteiger partial charge in [-0.05, 0) is 12.8 Å². The molecule has 0 aliphatic rings. The van der Waals surface area contributed by atoms with Crippen LogP contribution in [0.3, 0.4) is 0 Å². The summed E-state index contributed by atoms with van der Waals surface area (Å²) in [4.78, 5) is 28.1. The Labute approximate surface area is 124 Å². The molecule has 112 valence electrons. The Morgan fingerprint density at radius 3 is 2.45 bits per heavy atom. The van der Waals surface area contributed by atoms with Gasteiger partial charge in [0.2, 0.25) is 5.91 Å². The molecule has 20 heavy (non-hydrogen) atoms. The lowest BCUT2D eigenvalue weighted by molar-refractivity contribution is -0.122. The third kappa shape index (κ3) is 4.34.